The number of anilines is 1. The number of nitrogens with two attached hydrogens (primary N) is 1. The molecule has 2 saturated heterocycles. The molecule has 11 heteroatoms. The molecule has 1 aromatic rings. The number of hydrogen-bond acceptors (Lipinski definition) is 7. The molecule has 0 spiro atoms. The molecule has 148 valence electrons. The molecule has 0 saturated carbocycles. The van der Waals surface area contributed by atoms with Gasteiger partial charge >= 0.3 is 0 Å². The number of benzene rings is 1. The normalized spacial score (nSPS) is 21.8. The fraction of sp³-hybridized carbons (Fsp3) is 0.562. The van der Waals surface area contributed by atoms with Crippen molar-refractivity contribution in [1.82, 2.24) is 4.31 Å². The van der Waals surface area contributed by atoms with Crippen LogP contribution in [0.4, 0.5) is 11.4 Å². The number of carbonyl (C=O) groups is 1. The highest BCUT2D eigenvalue weighted by Gasteiger charge is 2.33. The average molecular weight is 398 g/mol. The fourth-order valence-electron chi connectivity index (χ4n) is 3.44. The number of rotatable bonds is 5. The Morgan fingerprint density at radius 1 is 1.26 bits per heavy atom. The molecule has 2 N–H and O–H groups in total. The minimum absolute atomic E-state index is 0.122. The van der Waals surface area contributed by atoms with E-state index in [4.69, 9.17) is 10.5 Å². The van der Waals surface area contributed by atoms with E-state index in [2.05, 4.69) is 0 Å². The number of ether oxygens (including phenoxy) is 1. The second-order valence-corrected chi connectivity index (χ2v) is 8.52. The van der Waals surface area contributed by atoms with Crippen LogP contribution in [0.25, 0.3) is 0 Å². The first-order chi connectivity index (χ1) is 12.8. The second-order valence-electron chi connectivity index (χ2n) is 6.61. The maximum absolute atomic E-state index is 13.2. The summed E-state index contributed by atoms with van der Waals surface area (Å²) in [4.78, 5) is 23.8. The maximum atomic E-state index is 13.2. The monoisotopic (exact) mass is 398 g/mol. The van der Waals surface area contributed by atoms with Crippen LogP contribution in [0, 0.1) is 16.0 Å². The smallest absolute Gasteiger partial charge is 0.270 e. The number of hydrogen-bond donors (Lipinski definition) is 1. The standard InChI is InChI=1S/C16H22N4O6S/c17-16(21)12-2-1-5-18(11-12)14-4-3-13(20(22)23)10-15(14)27(24,25)19-6-8-26-9-7-19/h3-4,10,12H,1-2,5-9,11H2,(H2,17,21). The Kier molecular flexibility index (Phi) is 5.63. The molecule has 2 aliphatic heterocycles. The van der Waals surface area contributed by atoms with Crippen LogP contribution >= 0.6 is 0 Å². The van der Waals surface area contributed by atoms with E-state index >= 15 is 0 Å². The average Bonchev–Trinajstić information content (AvgIpc) is 2.68. The van der Waals surface area contributed by atoms with Gasteiger partial charge in [0.2, 0.25) is 15.9 Å². The van der Waals surface area contributed by atoms with Crippen LogP contribution in [0.3, 0.4) is 0 Å². The quantitative estimate of drug-likeness (QED) is 0.557. The van der Waals surface area contributed by atoms with Crippen molar-refractivity contribution in [2.45, 2.75) is 17.7 Å². The number of sulfonamides is 1. The number of nitro groups is 1. The van der Waals surface area contributed by atoms with E-state index in [0.29, 0.717) is 31.6 Å². The van der Waals surface area contributed by atoms with E-state index in [1.807, 2.05) is 0 Å². The number of nitro benzene ring substituents is 1. The zero-order valence-corrected chi connectivity index (χ0v) is 15.6. The first kappa shape index (κ1) is 19.5. The van der Waals surface area contributed by atoms with Crippen LogP contribution in [0.15, 0.2) is 23.1 Å². The lowest BCUT2D eigenvalue weighted by atomic mass is 9.97. The van der Waals surface area contributed by atoms with Crippen molar-refractivity contribution < 1.29 is 22.9 Å². The Hall–Kier alpha value is -2.24. The highest BCUT2D eigenvalue weighted by molar-refractivity contribution is 7.89. The molecule has 0 radical (unpaired) electrons. The number of carbonyl (C=O) groups excluding carboxylic acids is 1. The highest BCUT2D eigenvalue weighted by Crippen LogP contribution is 2.34. The molecule has 0 aromatic heterocycles. The van der Waals surface area contributed by atoms with Crippen LogP contribution in [0.2, 0.25) is 0 Å². The largest absolute Gasteiger partial charge is 0.379 e. The maximum Gasteiger partial charge on any atom is 0.270 e. The fourth-order valence-corrected chi connectivity index (χ4v) is 5.08. The number of non-ortho nitro benzene ring substituents is 1. The molecule has 0 bridgehead atoms. The molecule has 10 nitrogen and oxygen atoms in total. The molecule has 0 aliphatic carbocycles. The molecule has 2 heterocycles. The first-order valence-corrected chi connectivity index (χ1v) is 10.2. The summed E-state index contributed by atoms with van der Waals surface area (Å²) in [6, 6.07) is 3.81. The lowest BCUT2D eigenvalue weighted by Gasteiger charge is -2.35. The second kappa shape index (κ2) is 7.79. The van der Waals surface area contributed by atoms with Crippen molar-refractivity contribution in [3.8, 4) is 0 Å². The molecule has 1 atom stereocenters. The van der Waals surface area contributed by atoms with Gasteiger partial charge in [-0.15, -0.1) is 0 Å². The highest BCUT2D eigenvalue weighted by atomic mass is 32.2. The Morgan fingerprint density at radius 2 is 1.96 bits per heavy atom. The Balaban J connectivity index is 2.03. The number of piperidine rings is 1. The van der Waals surface area contributed by atoms with Crippen LogP contribution < -0.4 is 10.6 Å². The van der Waals surface area contributed by atoms with Crippen molar-refractivity contribution in [3.05, 3.63) is 28.3 Å². The summed E-state index contributed by atoms with van der Waals surface area (Å²) >= 11 is 0. The lowest BCUT2D eigenvalue weighted by molar-refractivity contribution is -0.385. The van der Waals surface area contributed by atoms with Crippen LogP contribution in [-0.4, -0.2) is 62.9 Å². The molecule has 3 rings (SSSR count). The Morgan fingerprint density at radius 3 is 2.59 bits per heavy atom. The topological polar surface area (TPSA) is 136 Å². The van der Waals surface area contributed by atoms with E-state index < -0.39 is 20.9 Å². The summed E-state index contributed by atoms with van der Waals surface area (Å²) in [6.45, 7) is 1.77. The zero-order chi connectivity index (χ0) is 19.6. The van der Waals surface area contributed by atoms with E-state index in [1.165, 1.54) is 16.4 Å². The van der Waals surface area contributed by atoms with Crippen LogP contribution in [0.1, 0.15) is 12.8 Å². The van der Waals surface area contributed by atoms with Gasteiger partial charge in [-0.2, -0.15) is 4.31 Å². The van der Waals surface area contributed by atoms with Gasteiger partial charge in [0.05, 0.1) is 29.7 Å². The molecule has 2 fully saturated rings. The van der Waals surface area contributed by atoms with Gasteiger partial charge in [0.1, 0.15) is 4.90 Å². The summed E-state index contributed by atoms with van der Waals surface area (Å²) < 4.78 is 32.8. The van der Waals surface area contributed by atoms with Crippen LogP contribution in [0.5, 0.6) is 0 Å². The van der Waals surface area contributed by atoms with E-state index in [-0.39, 0.29) is 42.8 Å². The molecule has 1 aromatic carbocycles. The molecule has 1 amide bonds. The zero-order valence-electron chi connectivity index (χ0n) is 14.7. The van der Waals surface area contributed by atoms with Crippen molar-refractivity contribution in [1.29, 1.82) is 0 Å². The number of primary amides is 1. The molecule has 1 unspecified atom stereocenters. The minimum atomic E-state index is -3.94. The first-order valence-electron chi connectivity index (χ1n) is 8.71. The Bertz CT molecular complexity index is 837. The molecule has 2 aliphatic rings. The van der Waals surface area contributed by atoms with Gasteiger partial charge in [-0.25, -0.2) is 8.42 Å². The van der Waals surface area contributed by atoms with Gasteiger partial charge in [-0.3, -0.25) is 14.9 Å². The van der Waals surface area contributed by atoms with Crippen molar-refractivity contribution in [3.63, 3.8) is 0 Å². The van der Waals surface area contributed by atoms with E-state index in [9.17, 15) is 23.3 Å². The third-order valence-electron chi connectivity index (χ3n) is 4.91. The van der Waals surface area contributed by atoms with Crippen molar-refractivity contribution in [2.75, 3.05) is 44.3 Å². The lowest BCUT2D eigenvalue weighted by Crippen LogP contribution is -2.43. The predicted octanol–water partition coefficient (Wildman–Crippen LogP) is 0.317. The van der Waals surface area contributed by atoms with Crippen molar-refractivity contribution >= 4 is 27.3 Å². The van der Waals surface area contributed by atoms with Crippen LogP contribution in [-0.2, 0) is 19.6 Å². The predicted molar refractivity (Wildman–Crippen MR) is 96.8 cm³/mol. The van der Waals surface area contributed by atoms with Gasteiger partial charge in [-0.1, -0.05) is 0 Å². The van der Waals surface area contributed by atoms with Gasteiger partial charge < -0.3 is 15.4 Å². The van der Waals surface area contributed by atoms with E-state index in [1.54, 1.807) is 4.90 Å². The third-order valence-corrected chi connectivity index (χ3v) is 6.83. The van der Waals surface area contributed by atoms with E-state index in [0.717, 1.165) is 6.07 Å². The van der Waals surface area contributed by atoms with Gasteiger partial charge in [0.25, 0.3) is 5.69 Å². The SMILES string of the molecule is NC(=O)C1CCCN(c2ccc([N+](=O)[O-])cc2S(=O)(=O)N2CCOCC2)C1. The summed E-state index contributed by atoms with van der Waals surface area (Å²) in [6.07, 6.45) is 1.33. The minimum Gasteiger partial charge on any atom is -0.379 e. The number of morpholine rings is 1. The molecular weight excluding hydrogens is 376 g/mol. The van der Waals surface area contributed by atoms with Gasteiger partial charge in [0, 0.05) is 38.3 Å². The van der Waals surface area contributed by atoms with Crippen molar-refractivity contribution in [2.24, 2.45) is 11.7 Å². The van der Waals surface area contributed by atoms with Gasteiger partial charge in [-0.05, 0) is 18.9 Å². The summed E-state index contributed by atoms with van der Waals surface area (Å²) in [7, 11) is -3.94. The Labute approximate surface area is 157 Å². The summed E-state index contributed by atoms with van der Waals surface area (Å²) in [5, 5.41) is 11.2. The molecular formula is C16H22N4O6S. The summed E-state index contributed by atoms with van der Waals surface area (Å²) in [5.41, 5.74) is 5.48. The number of nitrogens with zero attached hydrogens (tertiary/aromatic N) is 3. The summed E-state index contributed by atoms with van der Waals surface area (Å²) in [5.74, 6) is -0.813. The molecule has 27 heavy (non-hydrogen) atoms. The third kappa shape index (κ3) is 4.04. The van der Waals surface area contributed by atoms with Gasteiger partial charge in [0.15, 0.2) is 0 Å². The number of amides is 1.